The first kappa shape index (κ1) is 15.1. The molecule has 0 saturated carbocycles. The normalized spacial score (nSPS) is 13.9. The fraction of sp³-hybridized carbons (Fsp3) is 0.538. The summed E-state index contributed by atoms with van der Waals surface area (Å²) >= 11 is 6.64. The summed E-state index contributed by atoms with van der Waals surface area (Å²) in [6.45, 7) is 6.05. The van der Waals surface area contributed by atoms with Crippen molar-refractivity contribution in [3.63, 3.8) is 0 Å². The van der Waals surface area contributed by atoms with Crippen LogP contribution in [0.2, 0.25) is 0 Å². The van der Waals surface area contributed by atoms with Crippen LogP contribution in [0.1, 0.15) is 42.5 Å². The van der Waals surface area contributed by atoms with Crippen molar-refractivity contribution in [2.45, 2.75) is 39.7 Å². The molecule has 5 heteroatoms. The number of carbonyl (C=O) groups excluding carboxylic acids is 1. The quantitative estimate of drug-likeness (QED) is 0.790. The zero-order chi connectivity index (χ0) is 13.7. The number of thiophene rings is 1. The van der Waals surface area contributed by atoms with Crippen LogP contribution in [0.3, 0.4) is 0 Å². The molecule has 3 nitrogen and oxygen atoms in total. The number of aryl methyl sites for hydroxylation is 1. The number of nitrogens with one attached hydrogen (secondary N) is 1. The largest absolute Gasteiger partial charge is 0.393 e. The van der Waals surface area contributed by atoms with Crippen LogP contribution in [0.15, 0.2) is 12.1 Å². The molecule has 3 N–H and O–H groups in total. The van der Waals surface area contributed by atoms with E-state index in [1.807, 2.05) is 19.9 Å². The number of thiocarbonyl (C=S) groups is 1. The summed E-state index contributed by atoms with van der Waals surface area (Å²) in [6.07, 6.45) is 1.60. The molecule has 0 aromatic carbocycles. The molecular weight excluding hydrogens is 264 g/mol. The molecule has 0 aliphatic rings. The average molecular weight is 284 g/mol. The molecule has 1 aromatic heterocycles. The van der Waals surface area contributed by atoms with Gasteiger partial charge in [-0.25, -0.2) is 0 Å². The first-order valence-corrected chi connectivity index (χ1v) is 7.34. The van der Waals surface area contributed by atoms with Gasteiger partial charge in [0.25, 0.3) is 0 Å². The molecule has 0 bridgehead atoms. The first-order valence-electron chi connectivity index (χ1n) is 6.11. The smallest absolute Gasteiger partial charge is 0.230 e. The van der Waals surface area contributed by atoms with Gasteiger partial charge in [-0.3, -0.25) is 4.79 Å². The summed E-state index contributed by atoms with van der Waals surface area (Å²) in [7, 11) is 0. The van der Waals surface area contributed by atoms with E-state index in [0.29, 0.717) is 6.42 Å². The Hall–Kier alpha value is -0.940. The van der Waals surface area contributed by atoms with E-state index in [9.17, 15) is 4.79 Å². The minimum absolute atomic E-state index is 0.00454. The maximum Gasteiger partial charge on any atom is 0.230 e. The van der Waals surface area contributed by atoms with Gasteiger partial charge < -0.3 is 11.1 Å². The van der Waals surface area contributed by atoms with Gasteiger partial charge in [0.2, 0.25) is 5.91 Å². The van der Waals surface area contributed by atoms with Gasteiger partial charge >= 0.3 is 0 Å². The van der Waals surface area contributed by atoms with E-state index in [-0.39, 0.29) is 22.9 Å². The van der Waals surface area contributed by atoms with Gasteiger partial charge in [-0.05, 0) is 32.4 Å². The van der Waals surface area contributed by atoms with Crippen molar-refractivity contribution in [2.75, 3.05) is 0 Å². The highest BCUT2D eigenvalue weighted by atomic mass is 32.1. The molecule has 0 aliphatic heterocycles. The van der Waals surface area contributed by atoms with Gasteiger partial charge in [0.1, 0.15) is 0 Å². The number of hydrogen-bond donors (Lipinski definition) is 2. The lowest BCUT2D eigenvalue weighted by Gasteiger charge is -2.18. The molecule has 1 aromatic rings. The zero-order valence-electron chi connectivity index (χ0n) is 11.0. The predicted octanol–water partition coefficient (Wildman–Crippen LogP) is 2.94. The van der Waals surface area contributed by atoms with E-state index < -0.39 is 0 Å². The van der Waals surface area contributed by atoms with Gasteiger partial charge in [-0.15, -0.1) is 11.3 Å². The van der Waals surface area contributed by atoms with Crippen molar-refractivity contribution in [1.29, 1.82) is 0 Å². The second-order valence-corrected chi connectivity index (χ2v) is 6.21. The SMILES string of the molecule is CCCC(C(=O)NC(C)c1ccc(C)s1)C(N)=S. The molecule has 100 valence electrons. The van der Waals surface area contributed by atoms with Crippen molar-refractivity contribution in [2.24, 2.45) is 11.7 Å². The molecule has 0 spiro atoms. The lowest BCUT2D eigenvalue weighted by atomic mass is 10.0. The zero-order valence-corrected chi connectivity index (χ0v) is 12.7. The molecule has 0 saturated heterocycles. The van der Waals surface area contributed by atoms with Crippen LogP contribution in [-0.4, -0.2) is 10.9 Å². The summed E-state index contributed by atoms with van der Waals surface area (Å²) in [4.78, 5) is 14.8. The minimum atomic E-state index is -0.353. The highest BCUT2D eigenvalue weighted by Gasteiger charge is 2.22. The third-order valence-corrected chi connectivity index (χ3v) is 4.25. The summed E-state index contributed by atoms with van der Waals surface area (Å²) < 4.78 is 0. The fourth-order valence-electron chi connectivity index (χ4n) is 1.76. The number of hydrogen-bond acceptors (Lipinski definition) is 3. The highest BCUT2D eigenvalue weighted by Crippen LogP contribution is 2.22. The predicted molar refractivity (Wildman–Crippen MR) is 80.8 cm³/mol. The molecule has 0 radical (unpaired) electrons. The van der Waals surface area contributed by atoms with Gasteiger partial charge in [-0.1, -0.05) is 25.6 Å². The lowest BCUT2D eigenvalue weighted by molar-refractivity contribution is -0.123. The Balaban J connectivity index is 2.65. The van der Waals surface area contributed by atoms with Crippen LogP contribution in [0.4, 0.5) is 0 Å². The third-order valence-electron chi connectivity index (χ3n) is 2.78. The van der Waals surface area contributed by atoms with Crippen molar-refractivity contribution in [3.8, 4) is 0 Å². The van der Waals surface area contributed by atoms with Crippen LogP contribution >= 0.6 is 23.6 Å². The Morgan fingerprint density at radius 3 is 2.67 bits per heavy atom. The van der Waals surface area contributed by atoms with Crippen LogP contribution in [-0.2, 0) is 4.79 Å². The van der Waals surface area contributed by atoms with E-state index >= 15 is 0 Å². The Morgan fingerprint density at radius 1 is 1.56 bits per heavy atom. The van der Waals surface area contributed by atoms with E-state index in [1.165, 1.54) is 4.88 Å². The molecule has 0 fully saturated rings. The Labute approximate surface area is 118 Å². The number of carbonyl (C=O) groups is 1. The molecule has 2 unspecified atom stereocenters. The van der Waals surface area contributed by atoms with E-state index in [2.05, 4.69) is 18.3 Å². The Kier molecular flexibility index (Phi) is 5.75. The maximum absolute atomic E-state index is 12.1. The van der Waals surface area contributed by atoms with E-state index in [0.717, 1.165) is 11.3 Å². The second-order valence-electron chi connectivity index (χ2n) is 4.42. The molecule has 1 amide bonds. The summed E-state index contributed by atoms with van der Waals surface area (Å²) in [5, 5.41) is 2.98. The van der Waals surface area contributed by atoms with Gasteiger partial charge in [0, 0.05) is 9.75 Å². The maximum atomic E-state index is 12.1. The lowest BCUT2D eigenvalue weighted by Crippen LogP contribution is -2.38. The Morgan fingerprint density at radius 2 is 2.22 bits per heavy atom. The van der Waals surface area contributed by atoms with Crippen molar-refractivity contribution < 1.29 is 4.79 Å². The van der Waals surface area contributed by atoms with E-state index in [4.69, 9.17) is 18.0 Å². The average Bonchev–Trinajstić information content (AvgIpc) is 2.72. The van der Waals surface area contributed by atoms with Crippen molar-refractivity contribution >= 4 is 34.5 Å². The van der Waals surface area contributed by atoms with Crippen LogP contribution in [0.25, 0.3) is 0 Å². The highest BCUT2D eigenvalue weighted by molar-refractivity contribution is 7.80. The minimum Gasteiger partial charge on any atom is -0.393 e. The number of rotatable bonds is 6. The number of amides is 1. The molecule has 2 atom stereocenters. The van der Waals surface area contributed by atoms with Gasteiger partial charge in [-0.2, -0.15) is 0 Å². The molecule has 1 rings (SSSR count). The molecule has 1 heterocycles. The van der Waals surface area contributed by atoms with Crippen molar-refractivity contribution in [1.82, 2.24) is 5.32 Å². The van der Waals surface area contributed by atoms with E-state index in [1.54, 1.807) is 11.3 Å². The standard InChI is InChI=1S/C13H20N2OS2/c1-4-5-10(12(14)17)13(16)15-9(3)11-7-6-8(2)18-11/h6-7,9-10H,4-5H2,1-3H3,(H2,14,17)(H,15,16). The molecule has 0 aliphatic carbocycles. The molecule has 18 heavy (non-hydrogen) atoms. The molecular formula is C13H20N2OS2. The third kappa shape index (κ3) is 4.07. The van der Waals surface area contributed by atoms with Gasteiger partial charge in [0.15, 0.2) is 0 Å². The monoisotopic (exact) mass is 284 g/mol. The summed E-state index contributed by atoms with van der Waals surface area (Å²) in [6, 6.07) is 4.10. The Bertz CT molecular complexity index is 428. The topological polar surface area (TPSA) is 55.1 Å². The van der Waals surface area contributed by atoms with Crippen molar-refractivity contribution in [3.05, 3.63) is 21.9 Å². The van der Waals surface area contributed by atoms with Crippen LogP contribution < -0.4 is 11.1 Å². The summed E-state index contributed by atoms with van der Waals surface area (Å²) in [5.41, 5.74) is 5.62. The van der Waals surface area contributed by atoms with Gasteiger partial charge in [0.05, 0.1) is 16.9 Å². The first-order chi connectivity index (χ1) is 8.45. The summed E-state index contributed by atoms with van der Waals surface area (Å²) in [5.74, 6) is -0.420. The second kappa shape index (κ2) is 6.85. The number of nitrogens with two attached hydrogens (primary N) is 1. The fourth-order valence-corrected chi connectivity index (χ4v) is 2.87. The van der Waals surface area contributed by atoms with Crippen LogP contribution in [0, 0.1) is 12.8 Å². The van der Waals surface area contributed by atoms with Crippen LogP contribution in [0.5, 0.6) is 0 Å².